The minimum Gasteiger partial charge on any atom is -0.496 e. The highest BCUT2D eigenvalue weighted by molar-refractivity contribution is 6.01. The molecule has 0 radical (unpaired) electrons. The number of hydrogen-bond donors (Lipinski definition) is 1. The van der Waals surface area contributed by atoms with Crippen LogP contribution in [0.25, 0.3) is 0 Å². The molecule has 0 aliphatic rings. The molecule has 104 valence electrons. The van der Waals surface area contributed by atoms with E-state index in [-0.39, 0.29) is 18.6 Å². The van der Waals surface area contributed by atoms with Gasteiger partial charge in [-0.1, -0.05) is 6.07 Å². The normalized spacial score (nSPS) is 10.0. The van der Waals surface area contributed by atoms with Gasteiger partial charge < -0.3 is 14.6 Å². The summed E-state index contributed by atoms with van der Waals surface area (Å²) < 4.78 is 10.3. The van der Waals surface area contributed by atoms with Gasteiger partial charge in [-0.05, 0) is 25.0 Å². The summed E-state index contributed by atoms with van der Waals surface area (Å²) in [6.45, 7) is 0. The standard InChI is InChI=1S/C14H18O5/c1-18-11-7-5-8-12(19-2)14(11)10(15)6-3-4-9-13(16)17/h5,7-8H,3-4,6,9H2,1-2H3,(H,16,17). The zero-order valence-electron chi connectivity index (χ0n) is 11.1. The first-order chi connectivity index (χ1) is 9.10. The largest absolute Gasteiger partial charge is 0.496 e. The van der Waals surface area contributed by atoms with Crippen LogP contribution in [0.4, 0.5) is 0 Å². The summed E-state index contributed by atoms with van der Waals surface area (Å²) in [6, 6.07) is 5.15. The Balaban J connectivity index is 2.72. The summed E-state index contributed by atoms with van der Waals surface area (Å²) in [7, 11) is 2.99. The number of unbranched alkanes of at least 4 members (excludes halogenated alkanes) is 1. The number of aliphatic carboxylic acids is 1. The lowest BCUT2D eigenvalue weighted by atomic mass is 10.0. The Bertz CT molecular complexity index is 431. The number of ether oxygens (including phenoxy) is 2. The van der Waals surface area contributed by atoms with E-state index < -0.39 is 5.97 Å². The zero-order chi connectivity index (χ0) is 14.3. The third-order valence-electron chi connectivity index (χ3n) is 2.75. The number of benzene rings is 1. The third-order valence-corrected chi connectivity index (χ3v) is 2.75. The lowest BCUT2D eigenvalue weighted by molar-refractivity contribution is -0.137. The van der Waals surface area contributed by atoms with Crippen LogP contribution in [0, 0.1) is 0 Å². The maximum atomic E-state index is 12.1. The van der Waals surface area contributed by atoms with Crippen LogP contribution in [-0.4, -0.2) is 31.1 Å². The van der Waals surface area contributed by atoms with Gasteiger partial charge in [0, 0.05) is 12.8 Å². The minimum atomic E-state index is -0.845. The topological polar surface area (TPSA) is 72.8 Å². The number of Topliss-reactive ketones (excluding diaryl/α,β-unsaturated/α-hetero) is 1. The van der Waals surface area contributed by atoms with Crippen molar-refractivity contribution < 1.29 is 24.2 Å². The Hall–Kier alpha value is -2.04. The molecule has 1 N–H and O–H groups in total. The van der Waals surface area contributed by atoms with E-state index in [1.807, 2.05) is 0 Å². The zero-order valence-corrected chi connectivity index (χ0v) is 11.1. The first-order valence-corrected chi connectivity index (χ1v) is 6.06. The van der Waals surface area contributed by atoms with Crippen molar-refractivity contribution in [2.45, 2.75) is 25.7 Å². The number of carbonyl (C=O) groups is 2. The Labute approximate surface area is 112 Å². The van der Waals surface area contributed by atoms with E-state index in [2.05, 4.69) is 0 Å². The van der Waals surface area contributed by atoms with Gasteiger partial charge in [0.25, 0.3) is 0 Å². The van der Waals surface area contributed by atoms with Crippen LogP contribution in [0.2, 0.25) is 0 Å². The van der Waals surface area contributed by atoms with Crippen LogP contribution in [-0.2, 0) is 4.79 Å². The van der Waals surface area contributed by atoms with Crippen molar-refractivity contribution in [3.63, 3.8) is 0 Å². The second-order valence-electron chi connectivity index (χ2n) is 4.06. The van der Waals surface area contributed by atoms with E-state index in [0.717, 1.165) is 0 Å². The van der Waals surface area contributed by atoms with Crippen LogP contribution in [0.3, 0.4) is 0 Å². The van der Waals surface area contributed by atoms with E-state index in [4.69, 9.17) is 14.6 Å². The van der Waals surface area contributed by atoms with Crippen LogP contribution in [0.1, 0.15) is 36.0 Å². The number of hydrogen-bond acceptors (Lipinski definition) is 4. The molecule has 0 spiro atoms. The smallest absolute Gasteiger partial charge is 0.303 e. The van der Waals surface area contributed by atoms with Crippen molar-refractivity contribution in [3.8, 4) is 11.5 Å². The van der Waals surface area contributed by atoms with Gasteiger partial charge in [0.05, 0.1) is 14.2 Å². The molecule has 0 saturated heterocycles. The molecule has 19 heavy (non-hydrogen) atoms. The molecule has 5 nitrogen and oxygen atoms in total. The van der Waals surface area contributed by atoms with Crippen molar-refractivity contribution >= 4 is 11.8 Å². The number of ketones is 1. The van der Waals surface area contributed by atoms with Crippen molar-refractivity contribution in [3.05, 3.63) is 23.8 Å². The first-order valence-electron chi connectivity index (χ1n) is 6.06. The SMILES string of the molecule is COc1cccc(OC)c1C(=O)CCCCC(=O)O. The van der Waals surface area contributed by atoms with E-state index in [9.17, 15) is 9.59 Å². The molecule has 0 atom stereocenters. The van der Waals surface area contributed by atoms with Crippen LogP contribution in [0.15, 0.2) is 18.2 Å². The number of methoxy groups -OCH3 is 2. The highest BCUT2D eigenvalue weighted by atomic mass is 16.5. The molecular formula is C14H18O5. The second-order valence-corrected chi connectivity index (χ2v) is 4.06. The van der Waals surface area contributed by atoms with Crippen LogP contribution in [0.5, 0.6) is 11.5 Å². The number of carbonyl (C=O) groups excluding carboxylic acids is 1. The van der Waals surface area contributed by atoms with E-state index in [1.54, 1.807) is 18.2 Å². The van der Waals surface area contributed by atoms with Crippen molar-refractivity contribution in [1.29, 1.82) is 0 Å². The van der Waals surface area contributed by atoms with Crippen molar-refractivity contribution in [2.75, 3.05) is 14.2 Å². The Kier molecular flexibility index (Phi) is 5.85. The third kappa shape index (κ3) is 4.28. The van der Waals surface area contributed by atoms with Crippen LogP contribution < -0.4 is 9.47 Å². The summed E-state index contributed by atoms with van der Waals surface area (Å²) in [5.74, 6) is 0.00665. The van der Waals surface area contributed by atoms with Gasteiger partial charge in [-0.15, -0.1) is 0 Å². The maximum absolute atomic E-state index is 12.1. The number of rotatable bonds is 8. The van der Waals surface area contributed by atoms with Crippen LogP contribution >= 0.6 is 0 Å². The summed E-state index contributed by atoms with van der Waals surface area (Å²) in [5, 5.41) is 8.54. The van der Waals surface area contributed by atoms with Crippen molar-refractivity contribution in [1.82, 2.24) is 0 Å². The first kappa shape index (κ1) is 15.0. The molecule has 0 heterocycles. The van der Waals surface area contributed by atoms with Gasteiger partial charge in [-0.2, -0.15) is 0 Å². The molecule has 0 saturated carbocycles. The average Bonchev–Trinajstić information content (AvgIpc) is 2.42. The van der Waals surface area contributed by atoms with Gasteiger partial charge >= 0.3 is 5.97 Å². The number of carboxylic acid groups (broad SMARTS) is 1. The van der Waals surface area contributed by atoms with Crippen molar-refractivity contribution in [2.24, 2.45) is 0 Å². The highest BCUT2D eigenvalue weighted by Crippen LogP contribution is 2.29. The molecule has 1 aromatic carbocycles. The van der Waals surface area contributed by atoms with E-state index in [1.165, 1.54) is 14.2 Å². The molecule has 1 rings (SSSR count). The average molecular weight is 266 g/mol. The Morgan fingerprint density at radius 2 is 1.58 bits per heavy atom. The molecule has 0 unspecified atom stereocenters. The fraction of sp³-hybridized carbons (Fsp3) is 0.429. The molecule has 5 heteroatoms. The van der Waals surface area contributed by atoms with E-state index >= 15 is 0 Å². The molecule has 1 aromatic rings. The molecule has 0 aliphatic carbocycles. The predicted molar refractivity (Wildman–Crippen MR) is 70.0 cm³/mol. The van der Waals surface area contributed by atoms with Gasteiger partial charge in [0.2, 0.25) is 0 Å². The lowest BCUT2D eigenvalue weighted by Gasteiger charge is -2.11. The van der Waals surface area contributed by atoms with Gasteiger partial charge in [-0.25, -0.2) is 0 Å². The Morgan fingerprint density at radius 3 is 2.05 bits per heavy atom. The lowest BCUT2D eigenvalue weighted by Crippen LogP contribution is -2.05. The molecule has 0 amide bonds. The Morgan fingerprint density at radius 1 is 1.05 bits per heavy atom. The molecule has 0 bridgehead atoms. The molecule has 0 fully saturated rings. The summed E-state index contributed by atoms with van der Waals surface area (Å²) in [6.07, 6.45) is 1.38. The predicted octanol–water partition coefficient (Wildman–Crippen LogP) is 2.53. The fourth-order valence-electron chi connectivity index (χ4n) is 1.81. The quantitative estimate of drug-likeness (QED) is 0.578. The second kappa shape index (κ2) is 7.41. The molecule has 0 aromatic heterocycles. The minimum absolute atomic E-state index is 0.0797. The highest BCUT2D eigenvalue weighted by Gasteiger charge is 2.17. The summed E-state index contributed by atoms with van der Waals surface area (Å²) in [5.41, 5.74) is 0.419. The van der Waals surface area contributed by atoms with Gasteiger partial charge in [0.15, 0.2) is 5.78 Å². The fourth-order valence-corrected chi connectivity index (χ4v) is 1.81. The molecule has 0 aliphatic heterocycles. The van der Waals surface area contributed by atoms with Gasteiger partial charge in [0.1, 0.15) is 17.1 Å². The maximum Gasteiger partial charge on any atom is 0.303 e. The van der Waals surface area contributed by atoms with E-state index in [0.29, 0.717) is 29.9 Å². The van der Waals surface area contributed by atoms with Gasteiger partial charge in [-0.3, -0.25) is 9.59 Å². The monoisotopic (exact) mass is 266 g/mol. The summed E-state index contributed by atoms with van der Waals surface area (Å²) >= 11 is 0. The number of carboxylic acids is 1. The molecular weight excluding hydrogens is 248 g/mol. The summed E-state index contributed by atoms with van der Waals surface area (Å²) in [4.78, 5) is 22.5.